The Kier molecular flexibility index (Phi) is 16.1. The van der Waals surface area contributed by atoms with Crippen molar-refractivity contribution in [3.8, 4) is 0 Å². The van der Waals surface area contributed by atoms with E-state index in [1.165, 1.54) is 0 Å². The molecule has 2 saturated heterocycles. The number of β-amino-alcohol motifs (C(OH)–C–C–N with tert-alkyl or cyclic N) is 4. The molecule has 18 heteroatoms. The number of benzene rings is 2. The minimum absolute atomic E-state index is 0.125. The second kappa shape index (κ2) is 21.9. The first-order valence-electron chi connectivity index (χ1n) is 19.8. The molecule has 6 N–H and O–H groups in total. The number of aliphatic carboxylic acids is 2. The summed E-state index contributed by atoms with van der Waals surface area (Å²) in [4.78, 5) is 52.9. The maximum atomic E-state index is 12.7. The van der Waals surface area contributed by atoms with Crippen LogP contribution in [0.1, 0.15) is 22.3 Å². The zero-order chi connectivity index (χ0) is 44.2. The van der Waals surface area contributed by atoms with E-state index in [9.17, 15) is 49.8 Å². The van der Waals surface area contributed by atoms with Crippen LogP contribution in [0.2, 0.25) is 0 Å². The van der Waals surface area contributed by atoms with Crippen LogP contribution in [0.5, 0.6) is 0 Å². The fraction of sp³-hybridized carbons (Fsp3) is 0.318. The molecule has 16 nitrogen and oxygen atoms in total. The van der Waals surface area contributed by atoms with Crippen LogP contribution in [0.3, 0.4) is 0 Å². The first-order chi connectivity index (χ1) is 29.8. The van der Waals surface area contributed by atoms with Crippen molar-refractivity contribution in [2.45, 2.75) is 49.6 Å². The lowest BCUT2D eigenvalue weighted by molar-refractivity contribution is -0.684. The molecule has 2 aromatic carbocycles. The number of anilines is 2. The number of pyridine rings is 2. The third-order valence-corrected chi connectivity index (χ3v) is 12.7. The molecule has 4 aromatic rings. The van der Waals surface area contributed by atoms with Gasteiger partial charge < -0.3 is 60.7 Å². The normalized spacial score (nSPS) is 19.8. The molecule has 0 spiro atoms. The lowest BCUT2D eigenvalue weighted by atomic mass is 10.1. The van der Waals surface area contributed by atoms with Crippen LogP contribution in [-0.2, 0) is 32.3 Å². The number of nitrogens with zero attached hydrogens (tertiary/aromatic N) is 4. The molecule has 0 bridgehead atoms. The number of carbonyl (C=O) groups excluding carboxylic acids is 4. The summed E-state index contributed by atoms with van der Waals surface area (Å²) >= 11 is 0. The van der Waals surface area contributed by atoms with Gasteiger partial charge in [0.25, 0.3) is 11.8 Å². The zero-order valence-corrected chi connectivity index (χ0v) is 35.1. The van der Waals surface area contributed by atoms with Gasteiger partial charge >= 0.3 is 0 Å². The van der Waals surface area contributed by atoms with Crippen LogP contribution >= 0.6 is 21.6 Å². The van der Waals surface area contributed by atoms with Gasteiger partial charge in [0.15, 0.2) is 24.8 Å². The van der Waals surface area contributed by atoms with Crippen LogP contribution in [0, 0.1) is 0 Å². The number of amides is 2. The summed E-state index contributed by atoms with van der Waals surface area (Å²) in [7, 11) is 2.02. The molecule has 2 aliphatic rings. The standard InChI is InChI=1S/C44H48N6O10S2/c51-37-21-49(22-38(37)52)33-9-5-29(6-10-33)1-3-31-13-17-47(18-14-31)25-41(55)45-35(43(57)58)27-61-62-28-36(44(59)60)46-42(56)26-48-19-15-32(16-20-48)4-2-30-7-11-34(12-8-30)50-23-39(53)40(54)24-50/h1-20,35-40,51-54H,21-28H2,(H2-2,45,46,55,56,57,58,59,60). The highest BCUT2D eigenvalue weighted by molar-refractivity contribution is 8.76. The fourth-order valence-electron chi connectivity index (χ4n) is 6.69. The monoisotopic (exact) mass is 884 g/mol. The average Bonchev–Trinajstić information content (AvgIpc) is 3.78. The average molecular weight is 885 g/mol. The Morgan fingerprint density at radius 2 is 0.839 bits per heavy atom. The van der Waals surface area contributed by atoms with Crippen molar-refractivity contribution < 1.29 is 59.0 Å². The Hall–Kier alpha value is -5.76. The molecule has 0 radical (unpaired) electrons. The van der Waals surface area contributed by atoms with E-state index in [0.717, 1.165) is 55.2 Å². The molecule has 326 valence electrons. The van der Waals surface area contributed by atoms with Gasteiger partial charge in [-0.2, -0.15) is 9.13 Å². The van der Waals surface area contributed by atoms with E-state index in [0.29, 0.717) is 26.2 Å². The van der Waals surface area contributed by atoms with Crippen molar-refractivity contribution in [1.82, 2.24) is 10.6 Å². The van der Waals surface area contributed by atoms with E-state index >= 15 is 0 Å². The molecular weight excluding hydrogens is 837 g/mol. The summed E-state index contributed by atoms with van der Waals surface area (Å²) in [6.07, 6.45) is 11.3. The lowest BCUT2D eigenvalue weighted by Gasteiger charge is -2.20. The van der Waals surface area contributed by atoms with E-state index in [4.69, 9.17) is 0 Å². The number of aromatic nitrogens is 2. The molecule has 6 rings (SSSR count). The number of aliphatic hydroxyl groups is 4. The number of hydrogen-bond acceptors (Lipinski definition) is 14. The Labute approximate surface area is 366 Å². The van der Waals surface area contributed by atoms with Gasteiger partial charge in [-0.15, -0.1) is 0 Å². The number of hydrogen-bond donors (Lipinski definition) is 6. The highest BCUT2D eigenvalue weighted by atomic mass is 33.1. The molecule has 2 fully saturated rings. The number of carboxylic acid groups (broad SMARTS) is 2. The molecule has 0 saturated carbocycles. The minimum Gasteiger partial charge on any atom is -0.548 e. The third-order valence-electron chi connectivity index (χ3n) is 10.2. The summed E-state index contributed by atoms with van der Waals surface area (Å²) < 4.78 is 3.18. The number of nitrogens with one attached hydrogen (secondary N) is 2. The second-order valence-corrected chi connectivity index (χ2v) is 17.5. The molecule has 6 atom stereocenters. The fourth-order valence-corrected chi connectivity index (χ4v) is 8.99. The maximum absolute atomic E-state index is 12.7. The van der Waals surface area contributed by atoms with Crippen molar-refractivity contribution in [3.63, 3.8) is 0 Å². The van der Waals surface area contributed by atoms with Crippen LogP contribution in [0.4, 0.5) is 11.4 Å². The minimum atomic E-state index is -1.50. The zero-order valence-electron chi connectivity index (χ0n) is 33.5. The first kappa shape index (κ1) is 45.8. The lowest BCUT2D eigenvalue weighted by Crippen LogP contribution is -2.53. The highest BCUT2D eigenvalue weighted by Crippen LogP contribution is 2.24. The smallest absolute Gasteiger partial charge is 0.286 e. The quantitative estimate of drug-likeness (QED) is 0.0348. The Balaban J connectivity index is 0.889. The van der Waals surface area contributed by atoms with Crippen LogP contribution in [0.15, 0.2) is 97.6 Å². The van der Waals surface area contributed by atoms with E-state index in [2.05, 4.69) is 10.6 Å². The first-order valence-corrected chi connectivity index (χ1v) is 22.3. The van der Waals surface area contributed by atoms with Gasteiger partial charge in [0.1, 0.15) is 0 Å². The molecular formula is C44H48N6O10S2. The molecule has 62 heavy (non-hydrogen) atoms. The van der Waals surface area contributed by atoms with Crippen molar-refractivity contribution in [2.75, 3.05) is 47.5 Å². The summed E-state index contributed by atoms with van der Waals surface area (Å²) in [5.74, 6) is -4.38. The van der Waals surface area contributed by atoms with Crippen molar-refractivity contribution in [3.05, 3.63) is 120 Å². The van der Waals surface area contributed by atoms with Crippen LogP contribution in [-0.4, -0.2) is 118 Å². The topological polar surface area (TPSA) is 234 Å². The van der Waals surface area contributed by atoms with E-state index in [1.54, 1.807) is 58.2 Å². The Morgan fingerprint density at radius 3 is 1.13 bits per heavy atom. The molecule has 0 aliphatic carbocycles. The SMILES string of the molecule is O=C(C[n+]1ccc(/C=C/c2ccc(N3CC(O)C(O)C3)cc2)cc1)NC(CSSCC(NC(=O)C[n+]1ccc(/C=C/c2ccc(N3CC(O)C(O)C3)cc2)cc1)C(=O)[O-])C(=O)[O-]. The summed E-state index contributed by atoms with van der Waals surface area (Å²) in [6.45, 7) is 1.19. The summed E-state index contributed by atoms with van der Waals surface area (Å²) in [5.41, 5.74) is 5.44. The molecule has 2 aliphatic heterocycles. The Bertz CT molecular complexity index is 2030. The van der Waals surface area contributed by atoms with Gasteiger partial charge in [-0.25, -0.2) is 0 Å². The van der Waals surface area contributed by atoms with Crippen molar-refractivity contribution in [1.29, 1.82) is 0 Å². The molecule has 2 amide bonds. The van der Waals surface area contributed by atoms with Crippen molar-refractivity contribution in [2.24, 2.45) is 0 Å². The number of carboxylic acids is 2. The van der Waals surface area contributed by atoms with Crippen LogP contribution in [0.25, 0.3) is 24.3 Å². The van der Waals surface area contributed by atoms with Gasteiger partial charge in [-0.05, 0) is 46.5 Å². The van der Waals surface area contributed by atoms with E-state index in [1.807, 2.05) is 82.6 Å². The number of carbonyl (C=O) groups is 4. The largest absolute Gasteiger partial charge is 0.548 e. The maximum Gasteiger partial charge on any atom is 0.286 e. The van der Waals surface area contributed by atoms with Gasteiger partial charge in [-0.1, -0.05) is 70.2 Å². The Morgan fingerprint density at radius 1 is 0.548 bits per heavy atom. The molecule has 6 unspecified atom stereocenters. The second-order valence-electron chi connectivity index (χ2n) is 15.0. The van der Waals surface area contributed by atoms with Gasteiger partial charge in [-0.3, -0.25) is 9.59 Å². The summed E-state index contributed by atoms with van der Waals surface area (Å²) in [5, 5.41) is 67.7. The predicted molar refractivity (Wildman–Crippen MR) is 231 cm³/mol. The molecule has 4 heterocycles. The highest BCUT2D eigenvalue weighted by Gasteiger charge is 2.30. The van der Waals surface area contributed by atoms with Crippen LogP contribution < -0.4 is 39.8 Å². The van der Waals surface area contributed by atoms with Crippen molar-refractivity contribution >= 4 is 81.0 Å². The van der Waals surface area contributed by atoms with Gasteiger partial charge in [0.2, 0.25) is 13.1 Å². The predicted octanol–water partition coefficient (Wildman–Crippen LogP) is -1.76. The third kappa shape index (κ3) is 13.4. The number of aliphatic hydroxyl groups excluding tert-OH is 4. The van der Waals surface area contributed by atoms with E-state index < -0.39 is 60.3 Å². The van der Waals surface area contributed by atoms with Gasteiger partial charge in [0, 0.05) is 73.3 Å². The molecule has 2 aromatic heterocycles. The number of rotatable bonds is 19. The van der Waals surface area contributed by atoms with Gasteiger partial charge in [0.05, 0.1) is 48.4 Å². The van der Waals surface area contributed by atoms with E-state index in [-0.39, 0.29) is 24.6 Å². The summed E-state index contributed by atoms with van der Waals surface area (Å²) in [6, 6.07) is 19.9.